The summed E-state index contributed by atoms with van der Waals surface area (Å²) in [6, 6.07) is 6.10. The van der Waals surface area contributed by atoms with E-state index in [9.17, 15) is 0 Å². The molecule has 2 heterocycles. The van der Waals surface area contributed by atoms with E-state index in [1.165, 1.54) is 19.5 Å². The lowest BCUT2D eigenvalue weighted by Crippen LogP contribution is -2.42. The quantitative estimate of drug-likeness (QED) is 0.886. The summed E-state index contributed by atoms with van der Waals surface area (Å²) in [6.45, 7) is 8.82. The van der Waals surface area contributed by atoms with Gasteiger partial charge < -0.3 is 10.6 Å². The van der Waals surface area contributed by atoms with Crippen molar-refractivity contribution in [2.45, 2.75) is 26.2 Å². The van der Waals surface area contributed by atoms with Gasteiger partial charge in [-0.05, 0) is 30.4 Å². The van der Waals surface area contributed by atoms with Crippen molar-refractivity contribution < 1.29 is 0 Å². The third kappa shape index (κ3) is 3.53. The molecule has 0 amide bonds. The molecule has 0 spiro atoms. The Labute approximate surface area is 110 Å². The zero-order valence-electron chi connectivity index (χ0n) is 11.5. The van der Waals surface area contributed by atoms with E-state index in [0.29, 0.717) is 12.5 Å². The number of hydrogen-bond donors (Lipinski definition) is 1. The van der Waals surface area contributed by atoms with Crippen molar-refractivity contribution in [2.24, 2.45) is 17.6 Å². The van der Waals surface area contributed by atoms with E-state index >= 15 is 0 Å². The molecule has 1 aliphatic heterocycles. The molecule has 2 N–H and O–H groups in total. The molecule has 0 radical (unpaired) electrons. The highest BCUT2D eigenvalue weighted by atomic mass is 15.1. The Morgan fingerprint density at radius 1 is 1.33 bits per heavy atom. The molecule has 100 valence electrons. The Morgan fingerprint density at radius 2 is 2.06 bits per heavy atom. The van der Waals surface area contributed by atoms with Crippen LogP contribution >= 0.6 is 0 Å². The minimum absolute atomic E-state index is 0.365. The fourth-order valence-electron chi connectivity index (χ4n) is 3.16. The maximum atomic E-state index is 5.92. The molecule has 3 atom stereocenters. The highest BCUT2D eigenvalue weighted by molar-refractivity contribution is 5.10. The Bertz CT molecular complexity index is 342. The predicted molar refractivity (Wildman–Crippen MR) is 75.4 cm³/mol. The molecule has 0 aromatic carbocycles. The van der Waals surface area contributed by atoms with Crippen molar-refractivity contribution in [3.8, 4) is 0 Å². The molecule has 1 fully saturated rings. The summed E-state index contributed by atoms with van der Waals surface area (Å²) in [7, 11) is 0. The van der Waals surface area contributed by atoms with Crippen LogP contribution in [0.4, 0.5) is 0 Å². The largest absolute Gasteiger partial charge is 0.330 e. The second kappa shape index (κ2) is 6.30. The number of nitrogens with two attached hydrogens (primary N) is 1. The highest BCUT2D eigenvalue weighted by Gasteiger charge is 2.24. The van der Waals surface area contributed by atoms with Gasteiger partial charge in [-0.2, -0.15) is 0 Å². The molecule has 2 rings (SSSR count). The molecule has 18 heavy (non-hydrogen) atoms. The van der Waals surface area contributed by atoms with Gasteiger partial charge in [-0.25, -0.2) is 0 Å². The second-order valence-corrected chi connectivity index (χ2v) is 5.85. The number of pyridine rings is 1. The van der Waals surface area contributed by atoms with Crippen LogP contribution in [0.3, 0.4) is 0 Å². The lowest BCUT2D eigenvalue weighted by atomic mass is 9.91. The van der Waals surface area contributed by atoms with Crippen molar-refractivity contribution in [2.75, 3.05) is 26.2 Å². The van der Waals surface area contributed by atoms with Crippen LogP contribution in [0.5, 0.6) is 0 Å². The van der Waals surface area contributed by atoms with E-state index in [4.69, 9.17) is 5.73 Å². The lowest BCUT2D eigenvalue weighted by Gasteiger charge is -2.36. The first kappa shape index (κ1) is 13.5. The van der Waals surface area contributed by atoms with Crippen LogP contribution in [0.2, 0.25) is 0 Å². The smallest absolute Gasteiger partial charge is 0.0459 e. The van der Waals surface area contributed by atoms with Gasteiger partial charge in [0.2, 0.25) is 0 Å². The molecule has 1 aromatic rings. The summed E-state index contributed by atoms with van der Waals surface area (Å²) in [6.07, 6.45) is 3.22. The van der Waals surface area contributed by atoms with E-state index in [1.807, 2.05) is 18.3 Å². The van der Waals surface area contributed by atoms with Crippen LogP contribution in [0.15, 0.2) is 24.4 Å². The number of piperidine rings is 1. The molecular weight excluding hydrogens is 222 g/mol. The van der Waals surface area contributed by atoms with E-state index in [2.05, 4.69) is 29.8 Å². The molecule has 0 aliphatic carbocycles. The van der Waals surface area contributed by atoms with Crippen molar-refractivity contribution in [3.05, 3.63) is 30.1 Å². The third-order valence-electron chi connectivity index (χ3n) is 3.81. The molecule has 1 aliphatic rings. The van der Waals surface area contributed by atoms with Crippen molar-refractivity contribution in [1.82, 2.24) is 9.88 Å². The summed E-state index contributed by atoms with van der Waals surface area (Å²) >= 11 is 0. The molecule has 3 unspecified atom stereocenters. The Balaban J connectivity index is 1.98. The fourth-order valence-corrected chi connectivity index (χ4v) is 3.16. The molecule has 0 saturated carbocycles. The summed E-state index contributed by atoms with van der Waals surface area (Å²) < 4.78 is 0. The van der Waals surface area contributed by atoms with Crippen molar-refractivity contribution in [3.63, 3.8) is 0 Å². The predicted octanol–water partition coefficient (Wildman–Crippen LogP) is 2.10. The van der Waals surface area contributed by atoms with Crippen LogP contribution in [-0.2, 0) is 0 Å². The summed E-state index contributed by atoms with van der Waals surface area (Å²) in [5.74, 6) is 1.97. The average molecular weight is 247 g/mol. The van der Waals surface area contributed by atoms with Gasteiger partial charge in [0, 0.05) is 44.0 Å². The Hall–Kier alpha value is -0.930. The Morgan fingerprint density at radius 3 is 2.61 bits per heavy atom. The number of likely N-dealkylation sites (tertiary alicyclic amines) is 1. The Kier molecular flexibility index (Phi) is 4.72. The van der Waals surface area contributed by atoms with E-state index in [1.54, 1.807) is 0 Å². The van der Waals surface area contributed by atoms with Crippen LogP contribution in [0, 0.1) is 11.8 Å². The van der Waals surface area contributed by atoms with Crippen molar-refractivity contribution >= 4 is 0 Å². The first-order chi connectivity index (χ1) is 8.69. The minimum atomic E-state index is 0.365. The van der Waals surface area contributed by atoms with E-state index in [0.717, 1.165) is 24.1 Å². The molecule has 3 heteroatoms. The fraction of sp³-hybridized carbons (Fsp3) is 0.667. The van der Waals surface area contributed by atoms with Gasteiger partial charge in [0.15, 0.2) is 0 Å². The SMILES string of the molecule is CC1CC(C)CN(CC(CN)c2ccccn2)C1. The van der Waals surface area contributed by atoms with Gasteiger partial charge in [0.25, 0.3) is 0 Å². The third-order valence-corrected chi connectivity index (χ3v) is 3.81. The number of aromatic nitrogens is 1. The standard InChI is InChI=1S/C15H25N3/c1-12-7-13(2)10-18(9-12)11-14(8-16)15-5-3-4-6-17-15/h3-6,12-14H,7-11,16H2,1-2H3. The molecular formula is C15H25N3. The van der Waals surface area contributed by atoms with Crippen LogP contribution in [-0.4, -0.2) is 36.1 Å². The van der Waals surface area contributed by atoms with E-state index < -0.39 is 0 Å². The zero-order chi connectivity index (χ0) is 13.0. The van der Waals surface area contributed by atoms with Gasteiger partial charge in [0.05, 0.1) is 0 Å². The van der Waals surface area contributed by atoms with Crippen molar-refractivity contribution in [1.29, 1.82) is 0 Å². The zero-order valence-corrected chi connectivity index (χ0v) is 11.5. The summed E-state index contributed by atoms with van der Waals surface area (Å²) in [4.78, 5) is 7.01. The van der Waals surface area contributed by atoms with Crippen LogP contribution in [0.1, 0.15) is 31.9 Å². The monoisotopic (exact) mass is 247 g/mol. The average Bonchev–Trinajstić information content (AvgIpc) is 2.36. The molecule has 1 saturated heterocycles. The van der Waals surface area contributed by atoms with Crippen LogP contribution < -0.4 is 5.73 Å². The van der Waals surface area contributed by atoms with E-state index in [-0.39, 0.29) is 0 Å². The summed E-state index contributed by atoms with van der Waals surface area (Å²) in [5.41, 5.74) is 7.06. The maximum absolute atomic E-state index is 5.92. The normalized spacial score (nSPS) is 27.1. The molecule has 3 nitrogen and oxygen atoms in total. The number of rotatable bonds is 4. The molecule has 0 bridgehead atoms. The maximum Gasteiger partial charge on any atom is 0.0459 e. The highest BCUT2D eigenvalue weighted by Crippen LogP contribution is 2.23. The second-order valence-electron chi connectivity index (χ2n) is 5.85. The molecule has 1 aromatic heterocycles. The number of hydrogen-bond acceptors (Lipinski definition) is 3. The number of nitrogens with zero attached hydrogens (tertiary/aromatic N) is 2. The lowest BCUT2D eigenvalue weighted by molar-refractivity contribution is 0.133. The van der Waals surface area contributed by atoms with Crippen LogP contribution in [0.25, 0.3) is 0 Å². The topological polar surface area (TPSA) is 42.1 Å². The first-order valence-corrected chi connectivity index (χ1v) is 7.02. The minimum Gasteiger partial charge on any atom is -0.330 e. The van der Waals surface area contributed by atoms with Gasteiger partial charge in [-0.15, -0.1) is 0 Å². The summed E-state index contributed by atoms with van der Waals surface area (Å²) in [5, 5.41) is 0. The van der Waals surface area contributed by atoms with Gasteiger partial charge >= 0.3 is 0 Å². The van der Waals surface area contributed by atoms with Gasteiger partial charge in [-0.3, -0.25) is 4.98 Å². The first-order valence-electron chi connectivity index (χ1n) is 7.02. The van der Waals surface area contributed by atoms with Gasteiger partial charge in [-0.1, -0.05) is 19.9 Å². The van der Waals surface area contributed by atoms with Gasteiger partial charge in [0.1, 0.15) is 0 Å².